The molecule has 0 amide bonds. The number of Topliss-reactive ketones (excluding diaryl/α,β-unsaturated/α-hetero) is 1. The Hall–Kier alpha value is -1.35. The molecular formula is C13H14O3. The van der Waals surface area contributed by atoms with E-state index in [1.165, 1.54) is 0 Å². The zero-order valence-electron chi connectivity index (χ0n) is 9.40. The van der Waals surface area contributed by atoms with Crippen molar-refractivity contribution in [1.29, 1.82) is 0 Å². The van der Waals surface area contributed by atoms with E-state index in [2.05, 4.69) is 0 Å². The summed E-state index contributed by atoms with van der Waals surface area (Å²) in [6.45, 7) is 4.32. The smallest absolute Gasteiger partial charge is 0.181 e. The highest BCUT2D eigenvalue weighted by atomic mass is 16.5. The molecule has 1 aromatic carbocycles. The van der Waals surface area contributed by atoms with Gasteiger partial charge in [-0.1, -0.05) is 12.1 Å². The minimum atomic E-state index is -0.464. The predicted octanol–water partition coefficient (Wildman–Crippen LogP) is 2.06. The first-order valence-electron chi connectivity index (χ1n) is 5.58. The Morgan fingerprint density at radius 3 is 2.62 bits per heavy atom. The summed E-state index contributed by atoms with van der Waals surface area (Å²) in [6, 6.07) is 7.42. The molecule has 0 aliphatic carbocycles. The summed E-state index contributed by atoms with van der Waals surface area (Å²) in [5.74, 6) is 0.866. The summed E-state index contributed by atoms with van der Waals surface area (Å²) in [7, 11) is 0. The fraction of sp³-hybridized carbons (Fsp3) is 0.462. The SMILES string of the molecule is CC1OC(C)C12COc1ccccc1C2=O. The molecule has 0 N–H and O–H groups in total. The van der Waals surface area contributed by atoms with Crippen LogP contribution in [-0.2, 0) is 4.74 Å². The van der Waals surface area contributed by atoms with E-state index < -0.39 is 5.41 Å². The molecule has 2 heterocycles. The van der Waals surface area contributed by atoms with Gasteiger partial charge in [0.2, 0.25) is 0 Å². The molecule has 1 saturated heterocycles. The second-order valence-electron chi connectivity index (χ2n) is 4.57. The van der Waals surface area contributed by atoms with Gasteiger partial charge >= 0.3 is 0 Å². The number of benzene rings is 1. The maximum Gasteiger partial charge on any atom is 0.181 e. The van der Waals surface area contributed by atoms with Crippen LogP contribution in [-0.4, -0.2) is 24.6 Å². The molecule has 0 bridgehead atoms. The van der Waals surface area contributed by atoms with Gasteiger partial charge in [-0.3, -0.25) is 4.79 Å². The zero-order chi connectivity index (χ0) is 11.3. The summed E-state index contributed by atoms with van der Waals surface area (Å²) in [4.78, 5) is 12.5. The topological polar surface area (TPSA) is 35.5 Å². The summed E-state index contributed by atoms with van der Waals surface area (Å²) >= 11 is 0. The van der Waals surface area contributed by atoms with Crippen molar-refractivity contribution < 1.29 is 14.3 Å². The van der Waals surface area contributed by atoms with E-state index in [0.717, 1.165) is 0 Å². The molecule has 0 radical (unpaired) electrons. The van der Waals surface area contributed by atoms with Gasteiger partial charge in [0, 0.05) is 0 Å². The van der Waals surface area contributed by atoms with Crippen LogP contribution in [0.3, 0.4) is 0 Å². The van der Waals surface area contributed by atoms with E-state index in [-0.39, 0.29) is 18.0 Å². The Morgan fingerprint density at radius 2 is 1.94 bits per heavy atom. The molecule has 2 unspecified atom stereocenters. The normalized spacial score (nSPS) is 36.5. The fourth-order valence-electron chi connectivity index (χ4n) is 2.70. The van der Waals surface area contributed by atoms with Gasteiger partial charge in [-0.2, -0.15) is 0 Å². The highest BCUT2D eigenvalue weighted by Gasteiger charge is 2.60. The number of carbonyl (C=O) groups excluding carboxylic acids is 1. The van der Waals surface area contributed by atoms with Crippen LogP contribution in [0.2, 0.25) is 0 Å². The average Bonchev–Trinajstić information content (AvgIpc) is 2.30. The van der Waals surface area contributed by atoms with E-state index in [1.807, 2.05) is 38.1 Å². The third-order valence-corrected chi connectivity index (χ3v) is 3.88. The van der Waals surface area contributed by atoms with Crippen LogP contribution in [0, 0.1) is 5.41 Å². The molecule has 84 valence electrons. The molecule has 3 nitrogen and oxygen atoms in total. The Morgan fingerprint density at radius 1 is 1.25 bits per heavy atom. The van der Waals surface area contributed by atoms with Crippen molar-refractivity contribution in [2.45, 2.75) is 26.1 Å². The molecule has 1 spiro atoms. The molecule has 16 heavy (non-hydrogen) atoms. The summed E-state index contributed by atoms with van der Waals surface area (Å²) in [5.41, 5.74) is 0.227. The van der Waals surface area contributed by atoms with Gasteiger partial charge in [0.15, 0.2) is 5.78 Å². The number of hydrogen-bond acceptors (Lipinski definition) is 3. The second kappa shape index (κ2) is 3.08. The summed E-state index contributed by atoms with van der Waals surface area (Å²) < 4.78 is 11.2. The monoisotopic (exact) mass is 218 g/mol. The Labute approximate surface area is 94.4 Å². The van der Waals surface area contributed by atoms with E-state index in [4.69, 9.17) is 9.47 Å². The first-order valence-corrected chi connectivity index (χ1v) is 5.58. The zero-order valence-corrected chi connectivity index (χ0v) is 9.40. The maximum atomic E-state index is 12.5. The largest absolute Gasteiger partial charge is 0.492 e. The van der Waals surface area contributed by atoms with Crippen LogP contribution in [0.5, 0.6) is 5.75 Å². The molecule has 0 aromatic heterocycles. The number of carbonyl (C=O) groups is 1. The number of fused-ring (bicyclic) bond motifs is 1. The molecule has 0 saturated carbocycles. The van der Waals surface area contributed by atoms with E-state index in [0.29, 0.717) is 17.9 Å². The molecule has 3 rings (SSSR count). The Kier molecular flexibility index (Phi) is 1.89. The quantitative estimate of drug-likeness (QED) is 0.668. The lowest BCUT2D eigenvalue weighted by Gasteiger charge is -2.53. The van der Waals surface area contributed by atoms with Crippen molar-refractivity contribution in [3.63, 3.8) is 0 Å². The van der Waals surface area contributed by atoms with Crippen molar-refractivity contribution >= 4 is 5.78 Å². The van der Waals surface area contributed by atoms with Crippen LogP contribution in [0.1, 0.15) is 24.2 Å². The van der Waals surface area contributed by atoms with Crippen LogP contribution in [0.15, 0.2) is 24.3 Å². The molecule has 1 aromatic rings. The predicted molar refractivity (Wildman–Crippen MR) is 58.7 cm³/mol. The number of ether oxygens (including phenoxy) is 2. The van der Waals surface area contributed by atoms with Crippen molar-refractivity contribution in [2.75, 3.05) is 6.61 Å². The summed E-state index contributed by atoms with van der Waals surface area (Å²) in [6.07, 6.45) is -0.105. The number of rotatable bonds is 0. The van der Waals surface area contributed by atoms with Crippen LogP contribution < -0.4 is 4.74 Å². The Bertz CT molecular complexity index is 444. The maximum absolute atomic E-state index is 12.5. The van der Waals surface area contributed by atoms with Crippen molar-refractivity contribution in [1.82, 2.24) is 0 Å². The standard InChI is InChI=1S/C13H14O3/c1-8-13(9(2)16-8)7-15-11-6-4-3-5-10(11)12(13)14/h3-6,8-9H,7H2,1-2H3. The van der Waals surface area contributed by atoms with Crippen LogP contribution in [0.4, 0.5) is 0 Å². The molecule has 2 atom stereocenters. The van der Waals surface area contributed by atoms with E-state index in [9.17, 15) is 4.79 Å². The summed E-state index contributed by atoms with van der Waals surface area (Å²) in [5, 5.41) is 0. The second-order valence-corrected chi connectivity index (χ2v) is 4.57. The van der Waals surface area contributed by atoms with Gasteiger partial charge in [-0.15, -0.1) is 0 Å². The number of para-hydroxylation sites is 1. The number of ketones is 1. The van der Waals surface area contributed by atoms with Gasteiger partial charge in [0.1, 0.15) is 17.8 Å². The molecule has 3 heteroatoms. The first kappa shape index (κ1) is 9.85. The Balaban J connectivity index is 2.08. The highest BCUT2D eigenvalue weighted by Crippen LogP contribution is 2.48. The highest BCUT2D eigenvalue weighted by molar-refractivity contribution is 6.05. The van der Waals surface area contributed by atoms with Crippen molar-refractivity contribution in [3.05, 3.63) is 29.8 Å². The third kappa shape index (κ3) is 0.990. The molecule has 1 fully saturated rings. The number of hydrogen-bond donors (Lipinski definition) is 0. The lowest BCUT2D eigenvalue weighted by atomic mass is 9.67. The minimum absolute atomic E-state index is 0.0524. The van der Waals surface area contributed by atoms with Crippen LogP contribution in [0.25, 0.3) is 0 Å². The van der Waals surface area contributed by atoms with E-state index in [1.54, 1.807) is 0 Å². The van der Waals surface area contributed by atoms with Crippen molar-refractivity contribution in [2.24, 2.45) is 5.41 Å². The van der Waals surface area contributed by atoms with Gasteiger partial charge < -0.3 is 9.47 Å². The molecule has 2 aliphatic heterocycles. The molecular weight excluding hydrogens is 204 g/mol. The molecule has 2 aliphatic rings. The lowest BCUT2D eigenvalue weighted by Crippen LogP contribution is -2.65. The average molecular weight is 218 g/mol. The minimum Gasteiger partial charge on any atom is -0.492 e. The first-order chi connectivity index (χ1) is 7.66. The van der Waals surface area contributed by atoms with Gasteiger partial charge in [-0.05, 0) is 26.0 Å². The van der Waals surface area contributed by atoms with Gasteiger partial charge in [0.25, 0.3) is 0 Å². The van der Waals surface area contributed by atoms with Crippen molar-refractivity contribution in [3.8, 4) is 5.75 Å². The lowest BCUT2D eigenvalue weighted by molar-refractivity contribution is -0.220. The van der Waals surface area contributed by atoms with Crippen LogP contribution >= 0.6 is 0 Å². The van der Waals surface area contributed by atoms with Gasteiger partial charge in [-0.25, -0.2) is 0 Å². The van der Waals surface area contributed by atoms with E-state index >= 15 is 0 Å². The van der Waals surface area contributed by atoms with Gasteiger partial charge in [0.05, 0.1) is 17.8 Å². The fourth-order valence-corrected chi connectivity index (χ4v) is 2.70. The third-order valence-electron chi connectivity index (χ3n) is 3.88.